The SMILES string of the molecule is COc1ccc(/C=C/C(=O)c2ccc3c(c2)OCO3)cc1Br. The molecule has 3 rings (SSSR count). The van der Waals surface area contributed by atoms with Gasteiger partial charge in [-0.15, -0.1) is 0 Å². The fraction of sp³-hybridized carbons (Fsp3) is 0.118. The van der Waals surface area contributed by atoms with Crippen molar-refractivity contribution in [3.05, 3.63) is 58.1 Å². The molecule has 0 spiro atoms. The van der Waals surface area contributed by atoms with Crippen LogP contribution in [0.1, 0.15) is 15.9 Å². The van der Waals surface area contributed by atoms with Crippen molar-refractivity contribution in [2.24, 2.45) is 0 Å². The van der Waals surface area contributed by atoms with Crippen molar-refractivity contribution in [3.63, 3.8) is 0 Å². The van der Waals surface area contributed by atoms with Crippen molar-refractivity contribution in [1.82, 2.24) is 0 Å². The van der Waals surface area contributed by atoms with E-state index in [9.17, 15) is 4.79 Å². The summed E-state index contributed by atoms with van der Waals surface area (Å²) in [5, 5.41) is 0. The highest BCUT2D eigenvalue weighted by Crippen LogP contribution is 2.32. The summed E-state index contributed by atoms with van der Waals surface area (Å²) < 4.78 is 16.5. The van der Waals surface area contributed by atoms with E-state index in [1.807, 2.05) is 18.2 Å². The van der Waals surface area contributed by atoms with Gasteiger partial charge in [0.2, 0.25) is 6.79 Å². The number of hydrogen-bond donors (Lipinski definition) is 0. The Labute approximate surface area is 136 Å². The maximum Gasteiger partial charge on any atom is 0.231 e. The average Bonchev–Trinajstić information content (AvgIpc) is 3.00. The maximum atomic E-state index is 12.2. The normalized spacial score (nSPS) is 12.6. The molecule has 0 aliphatic carbocycles. The number of carbonyl (C=O) groups is 1. The Hall–Kier alpha value is -2.27. The molecule has 0 bridgehead atoms. The van der Waals surface area contributed by atoms with E-state index >= 15 is 0 Å². The third kappa shape index (κ3) is 2.99. The van der Waals surface area contributed by atoms with Crippen LogP contribution in [0.3, 0.4) is 0 Å². The zero-order valence-electron chi connectivity index (χ0n) is 11.8. The molecule has 22 heavy (non-hydrogen) atoms. The van der Waals surface area contributed by atoms with Crippen LogP contribution in [0, 0.1) is 0 Å². The Morgan fingerprint density at radius 3 is 2.77 bits per heavy atom. The molecule has 0 atom stereocenters. The quantitative estimate of drug-likeness (QED) is 0.608. The van der Waals surface area contributed by atoms with Crippen LogP contribution in [0.25, 0.3) is 6.08 Å². The summed E-state index contributed by atoms with van der Waals surface area (Å²) >= 11 is 3.42. The van der Waals surface area contributed by atoms with Gasteiger partial charge in [0, 0.05) is 5.56 Å². The highest BCUT2D eigenvalue weighted by molar-refractivity contribution is 9.10. The average molecular weight is 361 g/mol. The zero-order chi connectivity index (χ0) is 15.5. The Morgan fingerprint density at radius 1 is 1.18 bits per heavy atom. The van der Waals surface area contributed by atoms with E-state index in [4.69, 9.17) is 14.2 Å². The summed E-state index contributed by atoms with van der Waals surface area (Å²) in [5.41, 5.74) is 1.47. The summed E-state index contributed by atoms with van der Waals surface area (Å²) in [6.07, 6.45) is 3.29. The first-order valence-electron chi connectivity index (χ1n) is 6.63. The molecule has 0 amide bonds. The molecule has 0 aromatic heterocycles. The maximum absolute atomic E-state index is 12.2. The van der Waals surface area contributed by atoms with Gasteiger partial charge in [0.05, 0.1) is 11.6 Å². The molecule has 0 radical (unpaired) electrons. The first-order chi connectivity index (χ1) is 10.7. The molecule has 5 heteroatoms. The van der Waals surface area contributed by atoms with Gasteiger partial charge in [0.15, 0.2) is 17.3 Å². The van der Waals surface area contributed by atoms with Gasteiger partial charge in [-0.05, 0) is 57.9 Å². The number of ether oxygens (including phenoxy) is 3. The summed E-state index contributed by atoms with van der Waals surface area (Å²) in [6, 6.07) is 10.8. The van der Waals surface area contributed by atoms with Crippen molar-refractivity contribution >= 4 is 27.8 Å². The van der Waals surface area contributed by atoms with Crippen molar-refractivity contribution in [3.8, 4) is 17.2 Å². The van der Waals surface area contributed by atoms with Crippen LogP contribution < -0.4 is 14.2 Å². The van der Waals surface area contributed by atoms with E-state index in [1.165, 1.54) is 6.08 Å². The molecule has 0 fully saturated rings. The molecule has 1 aliphatic rings. The Bertz CT molecular complexity index is 752. The van der Waals surface area contributed by atoms with Gasteiger partial charge in [-0.3, -0.25) is 4.79 Å². The van der Waals surface area contributed by atoms with Gasteiger partial charge >= 0.3 is 0 Å². The lowest BCUT2D eigenvalue weighted by molar-refractivity contribution is 0.104. The molecular formula is C17H13BrO4. The van der Waals surface area contributed by atoms with Crippen molar-refractivity contribution in [1.29, 1.82) is 0 Å². The second-order valence-electron chi connectivity index (χ2n) is 4.66. The van der Waals surface area contributed by atoms with E-state index < -0.39 is 0 Å². The van der Waals surface area contributed by atoms with Gasteiger partial charge in [-0.25, -0.2) is 0 Å². The fourth-order valence-corrected chi connectivity index (χ4v) is 2.66. The molecule has 1 aliphatic heterocycles. The van der Waals surface area contributed by atoms with Gasteiger partial charge in [-0.1, -0.05) is 12.1 Å². The third-order valence-electron chi connectivity index (χ3n) is 3.26. The largest absolute Gasteiger partial charge is 0.496 e. The summed E-state index contributed by atoms with van der Waals surface area (Å²) in [7, 11) is 1.61. The molecule has 0 saturated heterocycles. The lowest BCUT2D eigenvalue weighted by Crippen LogP contribution is -1.94. The van der Waals surface area contributed by atoms with Crippen molar-refractivity contribution in [2.45, 2.75) is 0 Å². The minimum atomic E-state index is -0.0924. The number of benzene rings is 2. The van der Waals surface area contributed by atoms with E-state index in [0.29, 0.717) is 17.1 Å². The first kappa shape index (κ1) is 14.7. The topological polar surface area (TPSA) is 44.8 Å². The van der Waals surface area contributed by atoms with Gasteiger partial charge in [0.1, 0.15) is 5.75 Å². The van der Waals surface area contributed by atoms with Crippen LogP contribution in [0.2, 0.25) is 0 Å². The Balaban J connectivity index is 1.77. The minimum absolute atomic E-state index is 0.0924. The minimum Gasteiger partial charge on any atom is -0.496 e. The Morgan fingerprint density at radius 2 is 2.00 bits per heavy atom. The van der Waals surface area contributed by atoms with Crippen LogP contribution in [0.4, 0.5) is 0 Å². The molecular weight excluding hydrogens is 348 g/mol. The lowest BCUT2D eigenvalue weighted by atomic mass is 10.1. The molecule has 2 aromatic carbocycles. The fourth-order valence-electron chi connectivity index (χ4n) is 2.10. The smallest absolute Gasteiger partial charge is 0.231 e. The number of halogens is 1. The number of allylic oxidation sites excluding steroid dienone is 1. The summed E-state index contributed by atoms with van der Waals surface area (Å²) in [4.78, 5) is 12.2. The van der Waals surface area contributed by atoms with Crippen LogP contribution in [-0.4, -0.2) is 19.7 Å². The van der Waals surface area contributed by atoms with Crippen LogP contribution in [0.5, 0.6) is 17.2 Å². The number of hydrogen-bond acceptors (Lipinski definition) is 4. The highest BCUT2D eigenvalue weighted by atomic mass is 79.9. The van der Waals surface area contributed by atoms with Crippen LogP contribution >= 0.6 is 15.9 Å². The van der Waals surface area contributed by atoms with Crippen LogP contribution in [-0.2, 0) is 0 Å². The number of rotatable bonds is 4. The Kier molecular flexibility index (Phi) is 4.15. The van der Waals surface area contributed by atoms with Crippen LogP contribution in [0.15, 0.2) is 46.9 Å². The number of methoxy groups -OCH3 is 1. The highest BCUT2D eigenvalue weighted by Gasteiger charge is 2.15. The molecule has 0 unspecified atom stereocenters. The van der Waals surface area contributed by atoms with E-state index in [-0.39, 0.29) is 12.6 Å². The van der Waals surface area contributed by atoms with Gasteiger partial charge in [-0.2, -0.15) is 0 Å². The molecule has 112 valence electrons. The van der Waals surface area contributed by atoms with E-state index in [1.54, 1.807) is 31.4 Å². The number of carbonyl (C=O) groups excluding carboxylic acids is 1. The molecule has 2 aromatic rings. The molecule has 0 N–H and O–H groups in total. The van der Waals surface area contributed by atoms with Crippen molar-refractivity contribution in [2.75, 3.05) is 13.9 Å². The standard InChI is InChI=1S/C17H13BrO4/c1-20-15-6-3-11(8-13(15)18)2-5-14(19)12-4-7-16-17(9-12)22-10-21-16/h2-9H,10H2,1H3/b5-2+. The van der Waals surface area contributed by atoms with E-state index in [0.717, 1.165) is 15.8 Å². The second kappa shape index (κ2) is 6.23. The van der Waals surface area contributed by atoms with Gasteiger partial charge < -0.3 is 14.2 Å². The van der Waals surface area contributed by atoms with Crippen molar-refractivity contribution < 1.29 is 19.0 Å². The molecule has 1 heterocycles. The zero-order valence-corrected chi connectivity index (χ0v) is 13.4. The predicted octanol–water partition coefficient (Wildman–Crippen LogP) is 4.08. The number of fused-ring (bicyclic) bond motifs is 1. The lowest BCUT2D eigenvalue weighted by Gasteiger charge is -2.03. The van der Waals surface area contributed by atoms with E-state index in [2.05, 4.69) is 15.9 Å². The summed E-state index contributed by atoms with van der Waals surface area (Å²) in [6.45, 7) is 0.197. The monoisotopic (exact) mass is 360 g/mol. The molecule has 0 saturated carbocycles. The predicted molar refractivity (Wildman–Crippen MR) is 86.6 cm³/mol. The first-order valence-corrected chi connectivity index (χ1v) is 7.42. The number of ketones is 1. The molecule has 4 nitrogen and oxygen atoms in total. The second-order valence-corrected chi connectivity index (χ2v) is 5.51. The summed E-state index contributed by atoms with van der Waals surface area (Å²) in [5.74, 6) is 1.93. The third-order valence-corrected chi connectivity index (χ3v) is 3.88. The van der Waals surface area contributed by atoms with Gasteiger partial charge in [0.25, 0.3) is 0 Å².